The first kappa shape index (κ1) is 15.6. The van der Waals surface area contributed by atoms with Crippen LogP contribution in [0.2, 0.25) is 0 Å². The van der Waals surface area contributed by atoms with Crippen molar-refractivity contribution >= 4 is 16.0 Å². The molecule has 0 saturated carbocycles. The van der Waals surface area contributed by atoms with Gasteiger partial charge in [-0.25, -0.2) is 13.2 Å². The van der Waals surface area contributed by atoms with Crippen LogP contribution < -0.4 is 4.74 Å². The van der Waals surface area contributed by atoms with Gasteiger partial charge in [0, 0.05) is 19.3 Å². The van der Waals surface area contributed by atoms with E-state index >= 15 is 0 Å². The van der Waals surface area contributed by atoms with E-state index in [-0.39, 0.29) is 10.5 Å². The fraction of sp³-hybridized carbons (Fsp3) is 0.250. The Morgan fingerprint density at radius 1 is 1.13 bits per heavy atom. The highest BCUT2D eigenvalue weighted by Gasteiger charge is 2.27. The molecule has 2 heterocycles. The van der Waals surface area contributed by atoms with Crippen LogP contribution in [0.15, 0.2) is 53.7 Å². The van der Waals surface area contributed by atoms with E-state index < -0.39 is 16.0 Å². The lowest BCUT2D eigenvalue weighted by Gasteiger charge is -2.15. The number of aromatic nitrogens is 1. The van der Waals surface area contributed by atoms with Crippen LogP contribution in [0.4, 0.5) is 0 Å². The van der Waals surface area contributed by atoms with Crippen molar-refractivity contribution in [1.29, 1.82) is 0 Å². The largest absolute Gasteiger partial charge is 0.421 e. The Morgan fingerprint density at radius 2 is 1.91 bits per heavy atom. The molecule has 0 radical (unpaired) electrons. The van der Waals surface area contributed by atoms with E-state index in [1.165, 1.54) is 28.7 Å². The molecule has 0 bridgehead atoms. The Bertz CT molecular complexity index is 800. The number of benzene rings is 1. The summed E-state index contributed by atoms with van der Waals surface area (Å²) in [7, 11) is -3.55. The fourth-order valence-electron chi connectivity index (χ4n) is 2.43. The van der Waals surface area contributed by atoms with Crippen molar-refractivity contribution in [3.8, 4) is 5.75 Å². The maximum absolute atomic E-state index is 12.5. The highest BCUT2D eigenvalue weighted by atomic mass is 32.2. The molecule has 2 aromatic rings. The molecule has 0 spiro atoms. The first-order valence-electron chi connectivity index (χ1n) is 7.30. The molecule has 0 amide bonds. The Morgan fingerprint density at radius 3 is 2.61 bits per heavy atom. The first-order valence-corrected chi connectivity index (χ1v) is 8.74. The van der Waals surface area contributed by atoms with Gasteiger partial charge in [-0.1, -0.05) is 6.07 Å². The number of ether oxygens (including phenoxy) is 1. The lowest BCUT2D eigenvalue weighted by Crippen LogP contribution is -2.28. The highest BCUT2D eigenvalue weighted by molar-refractivity contribution is 7.89. The van der Waals surface area contributed by atoms with Gasteiger partial charge in [0.15, 0.2) is 0 Å². The molecular formula is C16H16N2O4S. The van der Waals surface area contributed by atoms with Gasteiger partial charge in [-0.2, -0.15) is 4.31 Å². The third-order valence-electron chi connectivity index (χ3n) is 3.62. The zero-order valence-corrected chi connectivity index (χ0v) is 13.2. The van der Waals surface area contributed by atoms with E-state index in [1.54, 1.807) is 24.4 Å². The zero-order valence-electron chi connectivity index (χ0n) is 12.4. The molecule has 120 valence electrons. The molecular weight excluding hydrogens is 316 g/mol. The molecule has 1 aromatic carbocycles. The summed E-state index contributed by atoms with van der Waals surface area (Å²) in [5.74, 6) is -0.304. The number of sulfonamides is 1. The third-order valence-corrected chi connectivity index (χ3v) is 5.51. The molecule has 7 heteroatoms. The van der Waals surface area contributed by atoms with Crippen LogP contribution in [-0.2, 0) is 10.0 Å². The number of esters is 1. The quantitative estimate of drug-likeness (QED) is 0.801. The van der Waals surface area contributed by atoms with Gasteiger partial charge in [0.05, 0.1) is 16.7 Å². The highest BCUT2D eigenvalue weighted by Crippen LogP contribution is 2.22. The molecule has 1 aromatic heterocycles. The number of pyridine rings is 1. The number of carbonyl (C=O) groups excluding carboxylic acids is 1. The smallest absolute Gasteiger partial charge is 0.343 e. The topological polar surface area (TPSA) is 76.6 Å². The normalized spacial score (nSPS) is 15.5. The van der Waals surface area contributed by atoms with Gasteiger partial charge in [0.1, 0.15) is 5.75 Å². The Hall–Kier alpha value is -2.25. The van der Waals surface area contributed by atoms with Crippen molar-refractivity contribution in [2.45, 2.75) is 17.7 Å². The molecule has 1 fully saturated rings. The molecule has 6 nitrogen and oxygen atoms in total. The van der Waals surface area contributed by atoms with Crippen molar-refractivity contribution in [3.05, 3.63) is 54.4 Å². The Balaban J connectivity index is 1.83. The summed E-state index contributed by atoms with van der Waals surface area (Å²) in [6.45, 7) is 1.04. The van der Waals surface area contributed by atoms with Gasteiger partial charge in [-0.05, 0) is 43.2 Å². The third kappa shape index (κ3) is 3.40. The number of hydrogen-bond acceptors (Lipinski definition) is 5. The fourth-order valence-corrected chi connectivity index (χ4v) is 4.00. The van der Waals surface area contributed by atoms with Crippen molar-refractivity contribution in [3.63, 3.8) is 0 Å². The first-order chi connectivity index (χ1) is 11.1. The minimum Gasteiger partial charge on any atom is -0.421 e. The lowest BCUT2D eigenvalue weighted by molar-refractivity contribution is 0.0734. The second-order valence-electron chi connectivity index (χ2n) is 5.22. The van der Waals surface area contributed by atoms with Gasteiger partial charge in [-0.3, -0.25) is 4.98 Å². The summed E-state index contributed by atoms with van der Waals surface area (Å²) in [6.07, 6.45) is 4.72. The molecule has 0 atom stereocenters. The summed E-state index contributed by atoms with van der Waals surface area (Å²) in [4.78, 5) is 16.1. The van der Waals surface area contributed by atoms with Crippen LogP contribution in [0.5, 0.6) is 5.75 Å². The van der Waals surface area contributed by atoms with Crippen molar-refractivity contribution in [2.24, 2.45) is 0 Å². The minimum atomic E-state index is -3.55. The van der Waals surface area contributed by atoms with Crippen LogP contribution in [0.1, 0.15) is 23.2 Å². The van der Waals surface area contributed by atoms with Crippen molar-refractivity contribution in [1.82, 2.24) is 9.29 Å². The SMILES string of the molecule is O=C(Oc1cccnc1)c1cccc(S(=O)(=O)N2CCCC2)c1. The van der Waals surface area contributed by atoms with Crippen LogP contribution in [-0.4, -0.2) is 36.8 Å². The second kappa shape index (κ2) is 6.47. The zero-order chi connectivity index (χ0) is 16.3. The maximum atomic E-state index is 12.5. The average Bonchev–Trinajstić information content (AvgIpc) is 3.11. The molecule has 0 aliphatic carbocycles. The van der Waals surface area contributed by atoms with Crippen LogP contribution in [0.3, 0.4) is 0 Å². The molecule has 1 saturated heterocycles. The summed E-state index contributed by atoms with van der Waals surface area (Å²) in [5, 5.41) is 0. The van der Waals surface area contributed by atoms with Gasteiger partial charge in [0.2, 0.25) is 10.0 Å². The number of nitrogens with zero attached hydrogens (tertiary/aromatic N) is 2. The lowest BCUT2D eigenvalue weighted by atomic mass is 10.2. The second-order valence-corrected chi connectivity index (χ2v) is 7.16. The van der Waals surface area contributed by atoms with Crippen molar-refractivity contribution < 1.29 is 17.9 Å². The van der Waals surface area contributed by atoms with Gasteiger partial charge >= 0.3 is 5.97 Å². The van der Waals surface area contributed by atoms with E-state index in [9.17, 15) is 13.2 Å². The molecule has 1 aliphatic rings. The Labute approximate surface area is 134 Å². The summed E-state index contributed by atoms with van der Waals surface area (Å²) in [5.41, 5.74) is 0.189. The van der Waals surface area contributed by atoms with E-state index in [1.807, 2.05) is 0 Å². The predicted octanol–water partition coefficient (Wildman–Crippen LogP) is 2.09. The molecule has 1 aliphatic heterocycles. The van der Waals surface area contributed by atoms with Crippen LogP contribution >= 0.6 is 0 Å². The van der Waals surface area contributed by atoms with Crippen molar-refractivity contribution in [2.75, 3.05) is 13.1 Å². The summed E-state index contributed by atoms with van der Waals surface area (Å²) < 4.78 is 31.7. The summed E-state index contributed by atoms with van der Waals surface area (Å²) in [6, 6.07) is 9.18. The predicted molar refractivity (Wildman–Crippen MR) is 83.6 cm³/mol. The molecule has 0 N–H and O–H groups in total. The van der Waals surface area contributed by atoms with E-state index in [0.717, 1.165) is 12.8 Å². The van der Waals surface area contributed by atoms with E-state index in [4.69, 9.17) is 4.74 Å². The summed E-state index contributed by atoms with van der Waals surface area (Å²) >= 11 is 0. The number of rotatable bonds is 4. The molecule has 0 unspecified atom stereocenters. The van der Waals surface area contributed by atoms with Gasteiger partial charge in [0.25, 0.3) is 0 Å². The molecule has 23 heavy (non-hydrogen) atoms. The van der Waals surface area contributed by atoms with E-state index in [2.05, 4.69) is 4.98 Å². The standard InChI is InChI=1S/C16H16N2O4S/c19-16(22-14-6-4-8-17-12-14)13-5-3-7-15(11-13)23(20,21)18-9-1-2-10-18/h3-8,11-12H,1-2,9-10H2. The number of hydrogen-bond donors (Lipinski definition) is 0. The molecule has 3 rings (SSSR count). The minimum absolute atomic E-state index is 0.111. The van der Waals surface area contributed by atoms with Crippen LogP contribution in [0, 0.1) is 0 Å². The van der Waals surface area contributed by atoms with Crippen LogP contribution in [0.25, 0.3) is 0 Å². The van der Waals surface area contributed by atoms with E-state index in [0.29, 0.717) is 18.8 Å². The van der Waals surface area contributed by atoms with Gasteiger partial charge < -0.3 is 4.74 Å². The number of carbonyl (C=O) groups is 1. The maximum Gasteiger partial charge on any atom is 0.343 e. The Kier molecular flexibility index (Phi) is 4.40. The monoisotopic (exact) mass is 332 g/mol. The average molecular weight is 332 g/mol. The van der Waals surface area contributed by atoms with Gasteiger partial charge in [-0.15, -0.1) is 0 Å².